The fraction of sp³-hybridized carbons (Fsp3) is 0. The van der Waals surface area contributed by atoms with Crippen molar-refractivity contribution in [3.63, 3.8) is 0 Å². The Bertz CT molecular complexity index is 587. The van der Waals surface area contributed by atoms with E-state index in [0.29, 0.717) is 21.4 Å². The van der Waals surface area contributed by atoms with E-state index in [2.05, 4.69) is 26.2 Å². The van der Waals surface area contributed by atoms with Crippen molar-refractivity contribution in [3.05, 3.63) is 56.7 Å². The van der Waals surface area contributed by atoms with Crippen LogP contribution < -0.4 is 5.32 Å². The maximum Gasteiger partial charge on any atom is 0.274 e. The SMILES string of the molecule is O=C(Nc1ccc(Br)c(Cl)c1)c1ccc(Cl)cn1. The molecule has 2 aromatic rings. The van der Waals surface area contributed by atoms with Crippen LogP contribution in [-0.4, -0.2) is 10.9 Å². The van der Waals surface area contributed by atoms with E-state index < -0.39 is 0 Å². The third kappa shape index (κ3) is 3.22. The fourth-order valence-electron chi connectivity index (χ4n) is 1.28. The van der Waals surface area contributed by atoms with Crippen LogP contribution in [0.25, 0.3) is 0 Å². The zero-order chi connectivity index (χ0) is 13.1. The molecule has 0 saturated heterocycles. The highest BCUT2D eigenvalue weighted by Crippen LogP contribution is 2.25. The zero-order valence-corrected chi connectivity index (χ0v) is 12.1. The molecule has 1 aromatic carbocycles. The summed E-state index contributed by atoms with van der Waals surface area (Å²) < 4.78 is 0.770. The molecule has 0 aliphatic carbocycles. The fourth-order valence-corrected chi connectivity index (χ4v) is 1.82. The van der Waals surface area contributed by atoms with Gasteiger partial charge in [-0.2, -0.15) is 0 Å². The number of anilines is 1. The lowest BCUT2D eigenvalue weighted by Crippen LogP contribution is -2.13. The molecule has 3 nitrogen and oxygen atoms in total. The minimum absolute atomic E-state index is 0.290. The number of carbonyl (C=O) groups is 1. The van der Waals surface area contributed by atoms with Gasteiger partial charge in [0.15, 0.2) is 0 Å². The van der Waals surface area contributed by atoms with E-state index in [1.165, 1.54) is 6.20 Å². The first-order valence-electron chi connectivity index (χ1n) is 4.94. The van der Waals surface area contributed by atoms with Gasteiger partial charge >= 0.3 is 0 Å². The molecule has 1 N–H and O–H groups in total. The Hall–Kier alpha value is -1.10. The van der Waals surface area contributed by atoms with E-state index in [-0.39, 0.29) is 5.91 Å². The molecule has 0 aliphatic heterocycles. The largest absolute Gasteiger partial charge is 0.321 e. The highest BCUT2D eigenvalue weighted by atomic mass is 79.9. The van der Waals surface area contributed by atoms with Crippen LogP contribution in [0, 0.1) is 0 Å². The van der Waals surface area contributed by atoms with Crippen LogP contribution in [0.1, 0.15) is 10.5 Å². The second-order valence-corrected chi connectivity index (χ2v) is 5.14. The topological polar surface area (TPSA) is 42.0 Å². The van der Waals surface area contributed by atoms with Gasteiger partial charge in [0.2, 0.25) is 0 Å². The molecular formula is C12H7BrCl2N2O. The quantitative estimate of drug-likeness (QED) is 0.876. The summed E-state index contributed by atoms with van der Waals surface area (Å²) in [4.78, 5) is 15.8. The van der Waals surface area contributed by atoms with Crippen molar-refractivity contribution in [2.45, 2.75) is 0 Å². The molecule has 0 unspecified atom stereocenters. The zero-order valence-electron chi connectivity index (χ0n) is 8.95. The first-order valence-corrected chi connectivity index (χ1v) is 6.49. The van der Waals surface area contributed by atoms with E-state index in [0.717, 1.165) is 4.47 Å². The Kier molecular flexibility index (Phi) is 4.22. The molecule has 2 rings (SSSR count). The second kappa shape index (κ2) is 5.69. The number of aromatic nitrogens is 1. The maximum absolute atomic E-state index is 11.9. The smallest absolute Gasteiger partial charge is 0.274 e. The third-order valence-electron chi connectivity index (χ3n) is 2.14. The standard InChI is InChI=1S/C12H7BrCl2N2O/c13-9-3-2-8(5-10(9)15)17-12(18)11-4-1-7(14)6-16-11/h1-6H,(H,17,18). The monoisotopic (exact) mass is 344 g/mol. The molecule has 18 heavy (non-hydrogen) atoms. The average molecular weight is 346 g/mol. The lowest BCUT2D eigenvalue weighted by Gasteiger charge is -2.05. The van der Waals surface area contributed by atoms with Gasteiger partial charge in [-0.15, -0.1) is 0 Å². The van der Waals surface area contributed by atoms with Crippen LogP contribution in [0.5, 0.6) is 0 Å². The third-order valence-corrected chi connectivity index (χ3v) is 3.59. The highest BCUT2D eigenvalue weighted by Gasteiger charge is 2.08. The lowest BCUT2D eigenvalue weighted by molar-refractivity contribution is 0.102. The summed E-state index contributed by atoms with van der Waals surface area (Å²) in [5.41, 5.74) is 0.892. The number of hydrogen-bond acceptors (Lipinski definition) is 2. The summed E-state index contributed by atoms with van der Waals surface area (Å²) in [5, 5.41) is 3.71. The maximum atomic E-state index is 11.9. The van der Waals surface area contributed by atoms with Crippen molar-refractivity contribution >= 4 is 50.7 Å². The van der Waals surface area contributed by atoms with E-state index in [1.54, 1.807) is 30.3 Å². The van der Waals surface area contributed by atoms with Gasteiger partial charge in [0, 0.05) is 16.4 Å². The molecule has 0 saturated carbocycles. The number of nitrogens with one attached hydrogen (secondary N) is 1. The molecule has 6 heteroatoms. The van der Waals surface area contributed by atoms with Gasteiger partial charge in [0.25, 0.3) is 5.91 Å². The van der Waals surface area contributed by atoms with Crippen molar-refractivity contribution in [3.8, 4) is 0 Å². The minimum atomic E-state index is -0.315. The van der Waals surface area contributed by atoms with E-state index in [9.17, 15) is 4.79 Å². The lowest BCUT2D eigenvalue weighted by atomic mass is 10.3. The van der Waals surface area contributed by atoms with Gasteiger partial charge in [0.05, 0.1) is 10.0 Å². The average Bonchev–Trinajstić information content (AvgIpc) is 2.34. The summed E-state index contributed by atoms with van der Waals surface area (Å²) in [6.45, 7) is 0. The molecule has 0 aliphatic rings. The molecule has 92 valence electrons. The molecular weight excluding hydrogens is 339 g/mol. The Morgan fingerprint density at radius 2 is 2.00 bits per heavy atom. The van der Waals surface area contributed by atoms with Gasteiger partial charge in [0.1, 0.15) is 5.69 Å². The summed E-state index contributed by atoms with van der Waals surface area (Å²) in [6, 6.07) is 8.31. The Balaban J connectivity index is 2.16. The predicted molar refractivity (Wildman–Crippen MR) is 76.4 cm³/mol. The van der Waals surface area contributed by atoms with Crippen molar-refractivity contribution in [1.82, 2.24) is 4.98 Å². The van der Waals surface area contributed by atoms with Crippen LogP contribution in [0.15, 0.2) is 41.0 Å². The molecule has 1 aromatic heterocycles. The number of benzene rings is 1. The van der Waals surface area contributed by atoms with E-state index in [1.807, 2.05) is 0 Å². The highest BCUT2D eigenvalue weighted by molar-refractivity contribution is 9.10. The van der Waals surface area contributed by atoms with Crippen LogP contribution in [0.3, 0.4) is 0 Å². The predicted octanol–water partition coefficient (Wildman–Crippen LogP) is 4.40. The van der Waals surface area contributed by atoms with Gasteiger partial charge in [-0.25, -0.2) is 4.98 Å². The second-order valence-electron chi connectivity index (χ2n) is 3.44. The molecule has 0 atom stereocenters. The molecule has 0 bridgehead atoms. The Morgan fingerprint density at radius 1 is 1.22 bits per heavy atom. The first-order chi connectivity index (χ1) is 8.56. The Morgan fingerprint density at radius 3 is 2.61 bits per heavy atom. The van der Waals surface area contributed by atoms with Crippen LogP contribution in [-0.2, 0) is 0 Å². The van der Waals surface area contributed by atoms with Gasteiger partial charge in [-0.1, -0.05) is 23.2 Å². The number of halogens is 3. The van der Waals surface area contributed by atoms with Gasteiger partial charge in [-0.05, 0) is 46.3 Å². The number of amides is 1. The number of rotatable bonds is 2. The number of carbonyl (C=O) groups excluding carboxylic acids is 1. The van der Waals surface area contributed by atoms with Gasteiger partial charge < -0.3 is 5.32 Å². The summed E-state index contributed by atoms with van der Waals surface area (Å²) in [7, 11) is 0. The molecule has 0 spiro atoms. The van der Waals surface area contributed by atoms with E-state index >= 15 is 0 Å². The van der Waals surface area contributed by atoms with Crippen LogP contribution >= 0.6 is 39.1 Å². The summed E-state index contributed by atoms with van der Waals surface area (Å²) in [6.07, 6.45) is 1.42. The number of pyridine rings is 1. The molecule has 0 radical (unpaired) electrons. The van der Waals surface area contributed by atoms with Crippen molar-refractivity contribution < 1.29 is 4.79 Å². The molecule has 1 heterocycles. The first kappa shape index (κ1) is 13.3. The summed E-state index contributed by atoms with van der Waals surface area (Å²) in [5.74, 6) is -0.315. The minimum Gasteiger partial charge on any atom is -0.321 e. The van der Waals surface area contributed by atoms with Crippen molar-refractivity contribution in [2.75, 3.05) is 5.32 Å². The van der Waals surface area contributed by atoms with Crippen LogP contribution in [0.2, 0.25) is 10.0 Å². The Labute approximate surface area is 122 Å². The summed E-state index contributed by atoms with van der Waals surface area (Å²) >= 11 is 14.9. The van der Waals surface area contributed by atoms with Crippen molar-refractivity contribution in [1.29, 1.82) is 0 Å². The van der Waals surface area contributed by atoms with E-state index in [4.69, 9.17) is 23.2 Å². The van der Waals surface area contributed by atoms with Crippen LogP contribution in [0.4, 0.5) is 5.69 Å². The molecule has 1 amide bonds. The normalized spacial score (nSPS) is 10.2. The van der Waals surface area contributed by atoms with Crippen molar-refractivity contribution in [2.24, 2.45) is 0 Å². The molecule has 0 fully saturated rings. The number of nitrogens with zero attached hydrogens (tertiary/aromatic N) is 1. The van der Waals surface area contributed by atoms with Gasteiger partial charge in [-0.3, -0.25) is 4.79 Å². The number of hydrogen-bond donors (Lipinski definition) is 1.